The number of rotatable bonds is 3. The van der Waals surface area contributed by atoms with E-state index in [-0.39, 0.29) is 11.5 Å². The first-order chi connectivity index (χ1) is 9.24. The van der Waals surface area contributed by atoms with Gasteiger partial charge in [0.15, 0.2) is 0 Å². The van der Waals surface area contributed by atoms with Crippen LogP contribution in [-0.4, -0.2) is 29.4 Å². The largest absolute Gasteiger partial charge is 0.481 e. The van der Waals surface area contributed by atoms with Crippen LogP contribution in [0.4, 0.5) is 0 Å². The average Bonchev–Trinajstić information content (AvgIpc) is 2.45. The predicted octanol–water partition coefficient (Wildman–Crippen LogP) is 2.47. The standard InChI is InChI=1S/C15H21NO3/c1-18-14-12(4-2-8-16-14)13(17)11-5-9-19-15(10-11)6-3-7-15/h2,4,8,11,13,17H,3,5-7,9-10H2,1H3. The zero-order chi connectivity index (χ0) is 13.3. The number of aromatic nitrogens is 1. The molecule has 2 atom stereocenters. The van der Waals surface area contributed by atoms with Crippen LogP contribution in [0.25, 0.3) is 0 Å². The summed E-state index contributed by atoms with van der Waals surface area (Å²) in [5.41, 5.74) is 0.852. The minimum atomic E-state index is -0.509. The van der Waals surface area contributed by atoms with Gasteiger partial charge in [-0.15, -0.1) is 0 Å². The van der Waals surface area contributed by atoms with Gasteiger partial charge in [-0.2, -0.15) is 0 Å². The topological polar surface area (TPSA) is 51.6 Å². The van der Waals surface area contributed by atoms with Gasteiger partial charge < -0.3 is 14.6 Å². The first-order valence-corrected chi connectivity index (χ1v) is 7.05. The van der Waals surface area contributed by atoms with E-state index in [1.807, 2.05) is 12.1 Å². The number of methoxy groups -OCH3 is 1. The molecule has 1 aromatic heterocycles. The van der Waals surface area contributed by atoms with Gasteiger partial charge in [-0.1, -0.05) is 0 Å². The maximum Gasteiger partial charge on any atom is 0.218 e. The van der Waals surface area contributed by atoms with E-state index in [9.17, 15) is 5.11 Å². The van der Waals surface area contributed by atoms with Gasteiger partial charge in [-0.05, 0) is 50.2 Å². The molecule has 2 fully saturated rings. The van der Waals surface area contributed by atoms with Crippen molar-refractivity contribution in [3.05, 3.63) is 23.9 Å². The van der Waals surface area contributed by atoms with E-state index in [0.29, 0.717) is 5.88 Å². The molecule has 2 unspecified atom stereocenters. The molecule has 1 saturated heterocycles. The van der Waals surface area contributed by atoms with Crippen molar-refractivity contribution in [2.75, 3.05) is 13.7 Å². The number of hydrogen-bond acceptors (Lipinski definition) is 4. The third-order valence-corrected chi connectivity index (χ3v) is 4.55. The highest BCUT2D eigenvalue weighted by molar-refractivity contribution is 5.28. The van der Waals surface area contributed by atoms with Crippen molar-refractivity contribution in [2.24, 2.45) is 5.92 Å². The maximum atomic E-state index is 10.6. The molecule has 1 aromatic rings. The molecule has 1 N–H and O–H groups in total. The number of hydrogen-bond donors (Lipinski definition) is 1. The number of ether oxygens (including phenoxy) is 2. The van der Waals surface area contributed by atoms with E-state index in [2.05, 4.69) is 4.98 Å². The number of pyridine rings is 1. The van der Waals surface area contributed by atoms with E-state index in [1.165, 1.54) is 6.42 Å². The predicted molar refractivity (Wildman–Crippen MR) is 71.0 cm³/mol. The Balaban J connectivity index is 1.77. The van der Waals surface area contributed by atoms with Crippen LogP contribution in [0.5, 0.6) is 5.88 Å². The Morgan fingerprint density at radius 1 is 1.53 bits per heavy atom. The van der Waals surface area contributed by atoms with Crippen LogP contribution in [0.15, 0.2) is 18.3 Å². The van der Waals surface area contributed by atoms with Crippen molar-refractivity contribution in [1.82, 2.24) is 4.98 Å². The van der Waals surface area contributed by atoms with Gasteiger partial charge in [0.05, 0.1) is 18.8 Å². The molecule has 1 saturated carbocycles. The fourth-order valence-electron chi connectivity index (χ4n) is 3.31. The van der Waals surface area contributed by atoms with Gasteiger partial charge in [0, 0.05) is 18.4 Å². The van der Waals surface area contributed by atoms with Crippen molar-refractivity contribution >= 4 is 0 Å². The quantitative estimate of drug-likeness (QED) is 0.910. The monoisotopic (exact) mass is 263 g/mol. The number of nitrogens with zero attached hydrogens (tertiary/aromatic N) is 1. The summed E-state index contributed by atoms with van der Waals surface area (Å²) < 4.78 is 11.2. The van der Waals surface area contributed by atoms with Gasteiger partial charge in [0.25, 0.3) is 0 Å². The minimum Gasteiger partial charge on any atom is -0.481 e. The lowest BCUT2D eigenvalue weighted by Gasteiger charge is -2.48. The molecule has 4 heteroatoms. The Bertz CT molecular complexity index is 445. The minimum absolute atomic E-state index is 0.0549. The summed E-state index contributed by atoms with van der Waals surface area (Å²) in [5.74, 6) is 0.774. The SMILES string of the molecule is COc1ncccc1C(O)C1CCOC2(CCC2)C1. The van der Waals surface area contributed by atoms with E-state index in [0.717, 1.165) is 37.9 Å². The summed E-state index contributed by atoms with van der Waals surface area (Å²) in [4.78, 5) is 4.17. The fourth-order valence-corrected chi connectivity index (χ4v) is 3.31. The van der Waals surface area contributed by atoms with Crippen molar-refractivity contribution in [2.45, 2.75) is 43.8 Å². The molecule has 104 valence electrons. The first kappa shape index (κ1) is 12.9. The summed E-state index contributed by atoms with van der Waals surface area (Å²) >= 11 is 0. The molecule has 0 bridgehead atoms. The van der Waals surface area contributed by atoms with Gasteiger partial charge in [0.2, 0.25) is 5.88 Å². The molecule has 4 nitrogen and oxygen atoms in total. The van der Waals surface area contributed by atoms with E-state index in [4.69, 9.17) is 9.47 Å². The van der Waals surface area contributed by atoms with Crippen molar-refractivity contribution in [3.63, 3.8) is 0 Å². The Hall–Kier alpha value is -1.13. The van der Waals surface area contributed by atoms with E-state index >= 15 is 0 Å². The average molecular weight is 263 g/mol. The van der Waals surface area contributed by atoms with Gasteiger partial charge in [-0.3, -0.25) is 0 Å². The Morgan fingerprint density at radius 3 is 3.05 bits per heavy atom. The number of aliphatic hydroxyl groups excluding tert-OH is 1. The van der Waals surface area contributed by atoms with Crippen LogP contribution in [0, 0.1) is 5.92 Å². The van der Waals surface area contributed by atoms with Crippen LogP contribution in [0.1, 0.15) is 43.8 Å². The van der Waals surface area contributed by atoms with Crippen LogP contribution in [-0.2, 0) is 4.74 Å². The summed E-state index contributed by atoms with van der Waals surface area (Å²) in [7, 11) is 1.59. The summed E-state index contributed by atoms with van der Waals surface area (Å²) in [6.45, 7) is 0.754. The molecule has 1 aliphatic heterocycles. The molecule has 2 aliphatic rings. The molecule has 19 heavy (non-hydrogen) atoms. The molecule has 0 radical (unpaired) electrons. The first-order valence-electron chi connectivity index (χ1n) is 7.05. The molecule has 1 aliphatic carbocycles. The second-order valence-electron chi connectivity index (χ2n) is 5.68. The summed E-state index contributed by atoms with van der Waals surface area (Å²) in [6.07, 6.45) is 6.56. The van der Waals surface area contributed by atoms with Crippen LogP contribution >= 0.6 is 0 Å². The molecule has 1 spiro atoms. The Morgan fingerprint density at radius 2 is 2.37 bits per heavy atom. The lowest BCUT2D eigenvalue weighted by atomic mass is 9.70. The maximum absolute atomic E-state index is 10.6. The normalized spacial score (nSPS) is 26.7. The molecule has 2 heterocycles. The zero-order valence-electron chi connectivity index (χ0n) is 11.3. The lowest BCUT2D eigenvalue weighted by molar-refractivity contribution is -0.157. The van der Waals surface area contributed by atoms with Crippen LogP contribution in [0.3, 0.4) is 0 Å². The number of aliphatic hydroxyl groups is 1. The lowest BCUT2D eigenvalue weighted by Crippen LogP contribution is -2.46. The van der Waals surface area contributed by atoms with E-state index < -0.39 is 6.10 Å². The molecule has 0 amide bonds. The highest BCUT2D eigenvalue weighted by Gasteiger charge is 2.44. The Kier molecular flexibility index (Phi) is 3.46. The van der Waals surface area contributed by atoms with E-state index in [1.54, 1.807) is 13.3 Å². The second kappa shape index (κ2) is 5.10. The molecular weight excluding hydrogens is 242 g/mol. The summed E-state index contributed by atoms with van der Waals surface area (Å²) in [6, 6.07) is 3.75. The van der Waals surface area contributed by atoms with Crippen molar-refractivity contribution in [1.29, 1.82) is 0 Å². The Labute approximate surface area is 113 Å². The van der Waals surface area contributed by atoms with Crippen LogP contribution in [0.2, 0.25) is 0 Å². The highest BCUT2D eigenvalue weighted by atomic mass is 16.5. The zero-order valence-corrected chi connectivity index (χ0v) is 11.3. The third kappa shape index (κ3) is 2.35. The van der Waals surface area contributed by atoms with Crippen LogP contribution < -0.4 is 4.74 Å². The highest BCUT2D eigenvalue weighted by Crippen LogP contribution is 2.47. The van der Waals surface area contributed by atoms with Gasteiger partial charge >= 0.3 is 0 Å². The fraction of sp³-hybridized carbons (Fsp3) is 0.667. The molecule has 3 rings (SSSR count). The molecular formula is C15H21NO3. The van der Waals surface area contributed by atoms with Crippen molar-refractivity contribution < 1.29 is 14.6 Å². The third-order valence-electron chi connectivity index (χ3n) is 4.55. The second-order valence-corrected chi connectivity index (χ2v) is 5.68. The van der Waals surface area contributed by atoms with Gasteiger partial charge in [0.1, 0.15) is 0 Å². The summed E-state index contributed by atoms with van der Waals surface area (Å²) in [5, 5.41) is 10.6. The van der Waals surface area contributed by atoms with Gasteiger partial charge in [-0.25, -0.2) is 4.98 Å². The smallest absolute Gasteiger partial charge is 0.218 e. The molecule has 0 aromatic carbocycles. The van der Waals surface area contributed by atoms with Crippen molar-refractivity contribution in [3.8, 4) is 5.88 Å².